The molecular weight excluding hydrogens is 142 g/mol. The minimum Gasteiger partial charge on any atom is -0.624 e. The second-order valence-electron chi connectivity index (χ2n) is 4.08. The third-order valence-electron chi connectivity index (χ3n) is 3.50. The van der Waals surface area contributed by atoms with Crippen molar-refractivity contribution in [3.05, 3.63) is 0 Å². The summed E-state index contributed by atoms with van der Waals surface area (Å²) in [5.74, 6) is 1.82. The average Bonchev–Trinajstić information content (AvgIpc) is 2.03. The topological polar surface area (TPSA) is 9.23 Å². The smallest absolute Gasteiger partial charge is 0.624 e. The van der Waals surface area contributed by atoms with Gasteiger partial charge in [-0.05, 0) is 7.11 Å². The molecule has 0 spiro atoms. The summed E-state index contributed by atoms with van der Waals surface area (Å²) in [6, 6.07) is 0. The summed E-state index contributed by atoms with van der Waals surface area (Å²) in [4.78, 5) is 0. The van der Waals surface area contributed by atoms with E-state index in [1.54, 1.807) is 0 Å². The van der Waals surface area contributed by atoms with E-state index in [-0.39, 0.29) is 18.9 Å². The molecule has 0 amide bonds. The molecule has 0 saturated carbocycles. The van der Waals surface area contributed by atoms with Gasteiger partial charge in [-0.3, -0.25) is 0 Å². The van der Waals surface area contributed by atoms with Crippen molar-refractivity contribution in [2.75, 3.05) is 7.11 Å². The van der Waals surface area contributed by atoms with Crippen molar-refractivity contribution in [3.63, 3.8) is 0 Å². The summed E-state index contributed by atoms with van der Waals surface area (Å²) in [6.07, 6.45) is 8.61. The number of rotatable bonds is 1. The van der Waals surface area contributed by atoms with Crippen molar-refractivity contribution in [2.45, 2.75) is 50.2 Å². The summed E-state index contributed by atoms with van der Waals surface area (Å²) < 4.78 is 5.56. The maximum Gasteiger partial charge on any atom is 1.00 e. The molecule has 2 heterocycles. The zero-order valence-electron chi connectivity index (χ0n) is 8.38. The van der Waals surface area contributed by atoms with Crippen molar-refractivity contribution >= 4 is 6.92 Å². The van der Waals surface area contributed by atoms with Crippen LogP contribution in [0, 0.1) is 0 Å². The van der Waals surface area contributed by atoms with Crippen molar-refractivity contribution in [1.29, 1.82) is 0 Å². The molecule has 3 heteroatoms. The van der Waals surface area contributed by atoms with Crippen LogP contribution in [0.2, 0.25) is 11.6 Å². The van der Waals surface area contributed by atoms with Gasteiger partial charge in [0.15, 0.2) is 0 Å². The maximum absolute atomic E-state index is 5.56. The number of hydrogen-bond donors (Lipinski definition) is 0. The van der Waals surface area contributed by atoms with Gasteiger partial charge >= 0.3 is 18.9 Å². The molecule has 0 aliphatic carbocycles. The van der Waals surface area contributed by atoms with E-state index in [0.717, 1.165) is 11.6 Å². The third-order valence-corrected chi connectivity index (χ3v) is 3.50. The van der Waals surface area contributed by atoms with Gasteiger partial charge in [-0.25, -0.2) is 0 Å². The largest absolute Gasteiger partial charge is 1.00 e. The summed E-state index contributed by atoms with van der Waals surface area (Å²) in [7, 11) is 1.89. The quantitative estimate of drug-likeness (QED) is 0.479. The second-order valence-corrected chi connectivity index (χ2v) is 4.08. The Kier molecular flexibility index (Phi) is 4.23. The van der Waals surface area contributed by atoms with Crippen LogP contribution < -0.4 is 18.9 Å². The van der Waals surface area contributed by atoms with Gasteiger partial charge in [-0.15, -0.1) is 0 Å². The first kappa shape index (κ1) is 10.7. The van der Waals surface area contributed by atoms with Crippen LogP contribution in [0.5, 0.6) is 0 Å². The van der Waals surface area contributed by atoms with E-state index in [1.165, 1.54) is 38.5 Å². The Morgan fingerprint density at radius 3 is 1.67 bits per heavy atom. The fourth-order valence-corrected chi connectivity index (χ4v) is 3.00. The first-order valence-electron chi connectivity index (χ1n) is 4.94. The number of fused-ring (bicyclic) bond motifs is 2. The molecule has 2 saturated heterocycles. The predicted molar refractivity (Wildman–Crippen MR) is 48.0 cm³/mol. The van der Waals surface area contributed by atoms with Crippen molar-refractivity contribution < 1.29 is 23.5 Å². The molecule has 0 atom stereocenters. The van der Waals surface area contributed by atoms with Crippen LogP contribution in [-0.2, 0) is 4.65 Å². The molecule has 2 fully saturated rings. The molecule has 12 heavy (non-hydrogen) atoms. The van der Waals surface area contributed by atoms with E-state index in [1.807, 2.05) is 7.11 Å². The Morgan fingerprint density at radius 2 is 1.42 bits per heavy atom. The fraction of sp³-hybridized carbons (Fsp3) is 1.00. The van der Waals surface area contributed by atoms with Crippen molar-refractivity contribution in [1.82, 2.24) is 0 Å². The normalized spacial score (nSPS) is 35.8. The summed E-state index contributed by atoms with van der Waals surface area (Å²) in [5, 5.41) is 0. The molecule has 0 aromatic heterocycles. The summed E-state index contributed by atoms with van der Waals surface area (Å²) >= 11 is 0. The monoisotopic (exact) mass is 159 g/mol. The Bertz CT molecular complexity index is 120. The Hall–Kier alpha value is 0.622. The van der Waals surface area contributed by atoms with E-state index in [4.69, 9.17) is 4.65 Å². The SMILES string of the molecule is CO[B-]1C2CCCC1CCC2.[Li+]. The van der Waals surface area contributed by atoms with E-state index in [0.29, 0.717) is 6.92 Å². The van der Waals surface area contributed by atoms with E-state index in [2.05, 4.69) is 0 Å². The molecule has 2 bridgehead atoms. The molecular formula is C9H17BLiO. The van der Waals surface area contributed by atoms with Gasteiger partial charge in [0.25, 0.3) is 0 Å². The van der Waals surface area contributed by atoms with Gasteiger partial charge < -0.3 is 4.65 Å². The zero-order chi connectivity index (χ0) is 7.68. The van der Waals surface area contributed by atoms with Crippen LogP contribution in [0.25, 0.3) is 0 Å². The zero-order valence-corrected chi connectivity index (χ0v) is 8.38. The summed E-state index contributed by atoms with van der Waals surface area (Å²) in [5.41, 5.74) is 0. The van der Waals surface area contributed by atoms with Crippen molar-refractivity contribution in [2.24, 2.45) is 0 Å². The van der Waals surface area contributed by atoms with Gasteiger partial charge in [-0.1, -0.05) is 38.5 Å². The Morgan fingerprint density at radius 1 is 1.00 bits per heavy atom. The van der Waals surface area contributed by atoms with Gasteiger partial charge in [0.1, 0.15) is 0 Å². The molecule has 2 aliphatic heterocycles. The van der Waals surface area contributed by atoms with Gasteiger partial charge in [0, 0.05) is 6.92 Å². The average molecular weight is 159 g/mol. The van der Waals surface area contributed by atoms with Crippen LogP contribution in [0.3, 0.4) is 0 Å². The molecule has 2 rings (SSSR count). The van der Waals surface area contributed by atoms with Gasteiger partial charge in [0.2, 0.25) is 0 Å². The molecule has 0 N–H and O–H groups in total. The number of hydrogen-bond acceptors (Lipinski definition) is 1. The molecule has 0 unspecified atom stereocenters. The Labute approximate surface area is 87.9 Å². The minimum atomic E-state index is 0. The van der Waals surface area contributed by atoms with Gasteiger partial charge in [-0.2, -0.15) is 11.6 Å². The van der Waals surface area contributed by atoms with E-state index < -0.39 is 0 Å². The van der Waals surface area contributed by atoms with Gasteiger partial charge in [0.05, 0.1) is 0 Å². The summed E-state index contributed by atoms with van der Waals surface area (Å²) in [6.45, 7) is 0.623. The van der Waals surface area contributed by atoms with Crippen LogP contribution >= 0.6 is 0 Å². The molecule has 1 radical (unpaired) electrons. The fourth-order valence-electron chi connectivity index (χ4n) is 3.00. The Balaban J connectivity index is 0.000000720. The predicted octanol–water partition coefficient (Wildman–Crippen LogP) is -0.263. The first-order chi connectivity index (χ1) is 5.42. The van der Waals surface area contributed by atoms with Crippen molar-refractivity contribution in [3.8, 4) is 0 Å². The van der Waals surface area contributed by atoms with E-state index >= 15 is 0 Å². The molecule has 1 nitrogen and oxygen atoms in total. The van der Waals surface area contributed by atoms with E-state index in [9.17, 15) is 0 Å². The standard InChI is InChI=1S/C9H17BO.Li/c1-11-10-8-4-2-5-9(10)7-3-6-8;/h8-9H,2-7H2,1H3;/q-1;+1. The first-order valence-corrected chi connectivity index (χ1v) is 4.94. The maximum atomic E-state index is 5.56. The minimum absolute atomic E-state index is 0. The van der Waals surface area contributed by atoms with Crippen LogP contribution in [0.4, 0.5) is 0 Å². The molecule has 0 aromatic rings. The third kappa shape index (κ3) is 1.92. The van der Waals surface area contributed by atoms with Crippen LogP contribution in [0.1, 0.15) is 38.5 Å². The van der Waals surface area contributed by atoms with Crippen LogP contribution in [-0.4, -0.2) is 14.0 Å². The second kappa shape index (κ2) is 4.75. The molecule has 2 aliphatic rings. The molecule has 63 valence electrons. The molecule has 0 aromatic carbocycles. The van der Waals surface area contributed by atoms with Crippen LogP contribution in [0.15, 0.2) is 0 Å².